The summed E-state index contributed by atoms with van der Waals surface area (Å²) in [6.07, 6.45) is 0.716. The molecule has 1 aliphatic rings. The fourth-order valence-electron chi connectivity index (χ4n) is 3.34. The molecular weight excluding hydrogens is 370 g/mol. The number of ether oxygens (including phenoxy) is 1. The average molecular weight is 397 g/mol. The molecule has 3 N–H and O–H groups in total. The third-order valence-electron chi connectivity index (χ3n) is 4.98. The molecule has 0 saturated carbocycles. The minimum atomic E-state index is -0.656. The van der Waals surface area contributed by atoms with E-state index in [0.717, 1.165) is 11.1 Å². The van der Waals surface area contributed by atoms with Crippen LogP contribution >= 0.6 is 0 Å². The van der Waals surface area contributed by atoms with Crippen LogP contribution in [0, 0.1) is 0 Å². The van der Waals surface area contributed by atoms with Crippen LogP contribution < -0.4 is 5.73 Å². The molecule has 1 atom stereocenters. The first-order valence-corrected chi connectivity index (χ1v) is 9.81. The first-order chi connectivity index (χ1) is 14.0. The summed E-state index contributed by atoms with van der Waals surface area (Å²) in [5, 5.41) is 9.36. The molecular formula is C22H27N3O4. The molecule has 2 aromatic rings. The van der Waals surface area contributed by atoms with E-state index in [1.54, 1.807) is 34.1 Å². The zero-order valence-corrected chi connectivity index (χ0v) is 16.4. The summed E-state index contributed by atoms with van der Waals surface area (Å²) in [5.41, 5.74) is 7.95. The van der Waals surface area contributed by atoms with Crippen LogP contribution in [0.2, 0.25) is 0 Å². The van der Waals surface area contributed by atoms with Crippen LogP contribution in [0.3, 0.4) is 0 Å². The number of amides is 2. The summed E-state index contributed by atoms with van der Waals surface area (Å²) in [7, 11) is 0. The van der Waals surface area contributed by atoms with Crippen molar-refractivity contribution < 1.29 is 19.4 Å². The smallest absolute Gasteiger partial charge is 0.410 e. The molecule has 0 radical (unpaired) electrons. The van der Waals surface area contributed by atoms with Gasteiger partial charge in [-0.05, 0) is 36.1 Å². The van der Waals surface area contributed by atoms with Crippen LogP contribution in [-0.4, -0.2) is 59.1 Å². The van der Waals surface area contributed by atoms with Crippen LogP contribution in [-0.2, 0) is 22.6 Å². The molecule has 7 nitrogen and oxygen atoms in total. The number of phenols is 1. The highest BCUT2D eigenvalue weighted by Gasteiger charge is 2.26. The molecule has 1 heterocycles. The Hall–Kier alpha value is -3.06. The third-order valence-corrected chi connectivity index (χ3v) is 4.98. The maximum Gasteiger partial charge on any atom is 0.410 e. The lowest BCUT2D eigenvalue weighted by atomic mass is 10.1. The summed E-state index contributed by atoms with van der Waals surface area (Å²) in [6.45, 7) is 2.19. The maximum atomic E-state index is 12.7. The molecule has 0 bridgehead atoms. The predicted octanol–water partition coefficient (Wildman–Crippen LogP) is 2.13. The van der Waals surface area contributed by atoms with Crippen molar-refractivity contribution >= 4 is 12.0 Å². The van der Waals surface area contributed by atoms with Gasteiger partial charge in [0.25, 0.3) is 0 Å². The van der Waals surface area contributed by atoms with Gasteiger partial charge in [-0.2, -0.15) is 0 Å². The Kier molecular flexibility index (Phi) is 7.08. The van der Waals surface area contributed by atoms with Gasteiger partial charge in [0.15, 0.2) is 0 Å². The normalized spacial score (nSPS) is 15.5. The number of phenolic OH excluding ortho intramolecular Hbond substituents is 1. The number of hydrogen-bond acceptors (Lipinski definition) is 5. The summed E-state index contributed by atoms with van der Waals surface area (Å²) in [4.78, 5) is 28.4. The molecule has 1 fully saturated rings. The Morgan fingerprint density at radius 1 is 0.931 bits per heavy atom. The molecule has 0 aromatic heterocycles. The van der Waals surface area contributed by atoms with Gasteiger partial charge in [-0.1, -0.05) is 42.5 Å². The molecule has 2 amide bonds. The fraction of sp³-hybridized carbons (Fsp3) is 0.364. The highest BCUT2D eigenvalue weighted by Crippen LogP contribution is 2.13. The van der Waals surface area contributed by atoms with Gasteiger partial charge in [0.2, 0.25) is 5.91 Å². The average Bonchev–Trinajstić information content (AvgIpc) is 3.00. The summed E-state index contributed by atoms with van der Waals surface area (Å²) in [5.74, 6) is 0.0537. The number of hydrogen-bond donors (Lipinski definition) is 2. The van der Waals surface area contributed by atoms with Crippen molar-refractivity contribution in [2.75, 3.05) is 26.2 Å². The van der Waals surface area contributed by atoms with Gasteiger partial charge in [0, 0.05) is 26.2 Å². The van der Waals surface area contributed by atoms with E-state index in [2.05, 4.69) is 0 Å². The molecule has 2 aromatic carbocycles. The first kappa shape index (κ1) is 20.7. The summed E-state index contributed by atoms with van der Waals surface area (Å²) in [6, 6.07) is 15.6. The maximum absolute atomic E-state index is 12.7. The van der Waals surface area contributed by atoms with Crippen LogP contribution in [0.25, 0.3) is 0 Å². The number of benzene rings is 2. The van der Waals surface area contributed by atoms with Crippen molar-refractivity contribution in [1.29, 1.82) is 0 Å². The SMILES string of the molecule is N[C@@H](Cc1ccc(O)cc1)C(=O)N1CCCN(C(=O)OCc2ccccc2)CC1. The van der Waals surface area contributed by atoms with E-state index in [1.165, 1.54) is 0 Å². The summed E-state index contributed by atoms with van der Waals surface area (Å²) < 4.78 is 5.39. The van der Waals surface area contributed by atoms with Gasteiger partial charge in [-0.3, -0.25) is 4.79 Å². The molecule has 1 saturated heterocycles. The predicted molar refractivity (Wildman–Crippen MR) is 109 cm³/mol. The highest BCUT2D eigenvalue weighted by atomic mass is 16.6. The van der Waals surface area contributed by atoms with Crippen molar-refractivity contribution in [2.45, 2.75) is 25.5 Å². The Morgan fingerprint density at radius 2 is 1.59 bits per heavy atom. The molecule has 1 aliphatic heterocycles. The second-order valence-corrected chi connectivity index (χ2v) is 7.18. The van der Waals surface area contributed by atoms with E-state index in [1.807, 2.05) is 30.3 Å². The van der Waals surface area contributed by atoms with Crippen molar-refractivity contribution in [1.82, 2.24) is 9.80 Å². The van der Waals surface area contributed by atoms with Gasteiger partial charge in [-0.15, -0.1) is 0 Å². The van der Waals surface area contributed by atoms with Crippen molar-refractivity contribution in [3.63, 3.8) is 0 Å². The van der Waals surface area contributed by atoms with Gasteiger partial charge < -0.3 is 25.4 Å². The van der Waals surface area contributed by atoms with E-state index in [4.69, 9.17) is 10.5 Å². The molecule has 0 aliphatic carbocycles. The Balaban J connectivity index is 1.48. The molecule has 0 spiro atoms. The lowest BCUT2D eigenvalue weighted by molar-refractivity contribution is -0.132. The monoisotopic (exact) mass is 397 g/mol. The van der Waals surface area contributed by atoms with Crippen LogP contribution in [0.5, 0.6) is 5.75 Å². The Labute approximate surface area is 170 Å². The van der Waals surface area contributed by atoms with Crippen LogP contribution in [0.1, 0.15) is 17.5 Å². The van der Waals surface area contributed by atoms with Gasteiger partial charge in [0.05, 0.1) is 6.04 Å². The van der Waals surface area contributed by atoms with E-state index < -0.39 is 6.04 Å². The molecule has 7 heteroatoms. The van der Waals surface area contributed by atoms with Crippen LogP contribution in [0.15, 0.2) is 54.6 Å². The number of carbonyl (C=O) groups excluding carboxylic acids is 2. The second-order valence-electron chi connectivity index (χ2n) is 7.18. The molecule has 3 rings (SSSR count). The zero-order chi connectivity index (χ0) is 20.6. The fourth-order valence-corrected chi connectivity index (χ4v) is 3.34. The van der Waals surface area contributed by atoms with Crippen molar-refractivity contribution in [2.24, 2.45) is 5.73 Å². The first-order valence-electron chi connectivity index (χ1n) is 9.81. The van der Waals surface area contributed by atoms with E-state index in [0.29, 0.717) is 39.0 Å². The third kappa shape index (κ3) is 5.96. The second kappa shape index (κ2) is 9.93. The Morgan fingerprint density at radius 3 is 2.31 bits per heavy atom. The Bertz CT molecular complexity index is 811. The quantitative estimate of drug-likeness (QED) is 0.806. The molecule has 29 heavy (non-hydrogen) atoms. The van der Waals surface area contributed by atoms with Crippen molar-refractivity contribution in [3.8, 4) is 5.75 Å². The lowest BCUT2D eigenvalue weighted by Crippen LogP contribution is -2.46. The van der Waals surface area contributed by atoms with Gasteiger partial charge in [0.1, 0.15) is 12.4 Å². The number of carbonyl (C=O) groups is 2. The number of nitrogens with zero attached hydrogens (tertiary/aromatic N) is 2. The molecule has 0 unspecified atom stereocenters. The number of aromatic hydroxyl groups is 1. The zero-order valence-electron chi connectivity index (χ0n) is 16.4. The largest absolute Gasteiger partial charge is 0.508 e. The van der Waals surface area contributed by atoms with Crippen LogP contribution in [0.4, 0.5) is 4.79 Å². The summed E-state index contributed by atoms with van der Waals surface area (Å²) >= 11 is 0. The van der Waals surface area contributed by atoms with E-state index in [-0.39, 0.29) is 24.4 Å². The van der Waals surface area contributed by atoms with E-state index in [9.17, 15) is 14.7 Å². The van der Waals surface area contributed by atoms with E-state index >= 15 is 0 Å². The minimum absolute atomic E-state index is 0.127. The number of nitrogens with two attached hydrogens (primary N) is 1. The van der Waals surface area contributed by atoms with Crippen molar-refractivity contribution in [3.05, 3.63) is 65.7 Å². The molecule has 154 valence electrons. The standard InChI is InChI=1S/C22H27N3O4/c23-20(15-17-7-9-19(26)10-8-17)21(27)24-11-4-12-25(14-13-24)22(28)29-16-18-5-2-1-3-6-18/h1-3,5-10,20,26H,4,11-16,23H2/t20-/m0/s1. The highest BCUT2D eigenvalue weighted by molar-refractivity contribution is 5.82. The topological polar surface area (TPSA) is 96.1 Å². The minimum Gasteiger partial charge on any atom is -0.508 e. The van der Waals surface area contributed by atoms with Gasteiger partial charge >= 0.3 is 6.09 Å². The lowest BCUT2D eigenvalue weighted by Gasteiger charge is -2.24. The van der Waals surface area contributed by atoms with Gasteiger partial charge in [-0.25, -0.2) is 4.79 Å². The number of rotatable bonds is 5.